The molecule has 0 aromatic heterocycles. The molecule has 108 valence electrons. The molecule has 1 saturated heterocycles. The van der Waals surface area contributed by atoms with Crippen LogP contribution in [0.3, 0.4) is 0 Å². The van der Waals surface area contributed by atoms with E-state index < -0.39 is 0 Å². The highest BCUT2D eigenvalue weighted by Gasteiger charge is 2.22. The zero-order chi connectivity index (χ0) is 12.9. The molecule has 0 radical (unpaired) electrons. The van der Waals surface area contributed by atoms with Crippen molar-refractivity contribution < 1.29 is 4.79 Å². The van der Waals surface area contributed by atoms with Crippen molar-refractivity contribution in [2.45, 2.75) is 59.4 Å². The molecule has 1 fully saturated rings. The van der Waals surface area contributed by atoms with Crippen molar-refractivity contribution in [2.24, 2.45) is 11.3 Å². The lowest BCUT2D eigenvalue weighted by molar-refractivity contribution is -0.122. The first-order valence-corrected chi connectivity index (χ1v) is 6.89. The molecule has 0 bridgehead atoms. The summed E-state index contributed by atoms with van der Waals surface area (Å²) in [6, 6.07) is 0.406. The van der Waals surface area contributed by atoms with E-state index >= 15 is 0 Å². The first-order chi connectivity index (χ1) is 7.89. The predicted molar refractivity (Wildman–Crippen MR) is 79.1 cm³/mol. The molecule has 1 heterocycles. The molecule has 0 spiro atoms. The molecule has 0 aromatic rings. The summed E-state index contributed by atoms with van der Waals surface area (Å²) in [5.41, 5.74) is 0.201. The Balaban J connectivity index is 0.00000289. The maximum absolute atomic E-state index is 11.8. The van der Waals surface area contributed by atoms with Crippen LogP contribution < -0.4 is 10.6 Å². The average Bonchev–Trinajstić information content (AvgIpc) is 2.65. The molecule has 0 saturated carbocycles. The molecule has 1 rings (SSSR count). The molecule has 3 nitrogen and oxygen atoms in total. The van der Waals surface area contributed by atoms with Gasteiger partial charge in [0.1, 0.15) is 0 Å². The van der Waals surface area contributed by atoms with E-state index in [0.29, 0.717) is 18.4 Å². The van der Waals surface area contributed by atoms with Crippen molar-refractivity contribution in [2.75, 3.05) is 13.1 Å². The summed E-state index contributed by atoms with van der Waals surface area (Å²) in [6.07, 6.45) is 4.13. The molecule has 0 aromatic carbocycles. The number of halogens is 1. The average molecular weight is 277 g/mol. The number of carbonyl (C=O) groups is 1. The summed E-state index contributed by atoms with van der Waals surface area (Å²) in [5.74, 6) is 0.875. The number of amides is 1. The number of nitrogens with one attached hydrogen (secondary N) is 2. The molecule has 2 N–H and O–H groups in total. The van der Waals surface area contributed by atoms with Gasteiger partial charge >= 0.3 is 0 Å². The van der Waals surface area contributed by atoms with Gasteiger partial charge in [-0.05, 0) is 37.1 Å². The third kappa shape index (κ3) is 7.22. The molecule has 0 aliphatic carbocycles. The quantitative estimate of drug-likeness (QED) is 0.783. The fourth-order valence-electron chi connectivity index (χ4n) is 2.74. The lowest BCUT2D eigenvalue weighted by Gasteiger charge is -2.27. The summed E-state index contributed by atoms with van der Waals surface area (Å²) in [6.45, 7) is 10.8. The molecule has 1 unspecified atom stereocenters. The second-order valence-corrected chi connectivity index (χ2v) is 6.54. The van der Waals surface area contributed by atoms with Gasteiger partial charge in [0.2, 0.25) is 5.91 Å². The second kappa shape index (κ2) is 8.00. The largest absolute Gasteiger partial charge is 0.356 e. The van der Waals surface area contributed by atoms with E-state index in [-0.39, 0.29) is 23.7 Å². The zero-order valence-electron chi connectivity index (χ0n) is 12.2. The van der Waals surface area contributed by atoms with E-state index in [2.05, 4.69) is 38.3 Å². The van der Waals surface area contributed by atoms with Crippen LogP contribution in [-0.2, 0) is 4.79 Å². The van der Waals surface area contributed by atoms with Crippen molar-refractivity contribution in [1.29, 1.82) is 0 Å². The van der Waals surface area contributed by atoms with Crippen LogP contribution in [0.15, 0.2) is 0 Å². The van der Waals surface area contributed by atoms with E-state index in [1.165, 1.54) is 6.42 Å². The van der Waals surface area contributed by atoms with Crippen molar-refractivity contribution in [1.82, 2.24) is 10.6 Å². The Morgan fingerprint density at radius 3 is 2.61 bits per heavy atom. The van der Waals surface area contributed by atoms with Gasteiger partial charge in [-0.1, -0.05) is 27.7 Å². The zero-order valence-corrected chi connectivity index (χ0v) is 13.0. The van der Waals surface area contributed by atoms with E-state index in [4.69, 9.17) is 0 Å². The van der Waals surface area contributed by atoms with Crippen LogP contribution in [0, 0.1) is 11.3 Å². The van der Waals surface area contributed by atoms with Crippen LogP contribution in [0.2, 0.25) is 0 Å². The Labute approximate surface area is 118 Å². The monoisotopic (exact) mass is 276 g/mol. The molecular weight excluding hydrogens is 248 g/mol. The van der Waals surface area contributed by atoms with Gasteiger partial charge in [0.05, 0.1) is 0 Å². The highest BCUT2D eigenvalue weighted by atomic mass is 35.5. The van der Waals surface area contributed by atoms with Gasteiger partial charge in [-0.25, -0.2) is 0 Å². The van der Waals surface area contributed by atoms with Crippen LogP contribution in [0.25, 0.3) is 0 Å². The van der Waals surface area contributed by atoms with Gasteiger partial charge in [0.15, 0.2) is 0 Å². The Morgan fingerprint density at radius 1 is 1.44 bits per heavy atom. The highest BCUT2D eigenvalue weighted by Crippen LogP contribution is 2.24. The highest BCUT2D eigenvalue weighted by molar-refractivity contribution is 5.85. The number of rotatable bonds is 6. The van der Waals surface area contributed by atoms with Gasteiger partial charge in [0.25, 0.3) is 0 Å². The molecular formula is C14H29ClN2O. The van der Waals surface area contributed by atoms with Crippen molar-refractivity contribution >= 4 is 18.3 Å². The Morgan fingerprint density at radius 2 is 2.11 bits per heavy atom. The summed E-state index contributed by atoms with van der Waals surface area (Å²) in [4.78, 5) is 11.8. The van der Waals surface area contributed by atoms with E-state index in [9.17, 15) is 4.79 Å². The summed E-state index contributed by atoms with van der Waals surface area (Å²) < 4.78 is 0. The number of hydrogen-bond donors (Lipinski definition) is 2. The Bertz CT molecular complexity index is 248. The third-order valence-corrected chi connectivity index (χ3v) is 3.32. The summed E-state index contributed by atoms with van der Waals surface area (Å²) in [7, 11) is 0. The van der Waals surface area contributed by atoms with Crippen LogP contribution in [-0.4, -0.2) is 25.0 Å². The number of carbonyl (C=O) groups excluding carboxylic acids is 1. The summed E-state index contributed by atoms with van der Waals surface area (Å²) >= 11 is 0. The van der Waals surface area contributed by atoms with Crippen molar-refractivity contribution in [3.8, 4) is 0 Å². The molecule has 4 heteroatoms. The minimum atomic E-state index is 0. The fourth-order valence-corrected chi connectivity index (χ4v) is 2.74. The molecule has 1 amide bonds. The SMILES string of the molecule is CC(C)CC(C)(C)CNC(=O)CC1CCCN1.Cl. The van der Waals surface area contributed by atoms with Gasteiger partial charge in [-0.2, -0.15) is 0 Å². The molecule has 1 aliphatic heterocycles. The summed E-state index contributed by atoms with van der Waals surface area (Å²) in [5, 5.41) is 6.43. The maximum atomic E-state index is 11.8. The van der Waals surface area contributed by atoms with Gasteiger partial charge < -0.3 is 10.6 Å². The van der Waals surface area contributed by atoms with E-state index in [1.807, 2.05) is 0 Å². The van der Waals surface area contributed by atoms with E-state index in [0.717, 1.165) is 25.9 Å². The molecule has 1 aliphatic rings. The van der Waals surface area contributed by atoms with Crippen LogP contribution >= 0.6 is 12.4 Å². The fraction of sp³-hybridized carbons (Fsp3) is 0.929. The smallest absolute Gasteiger partial charge is 0.221 e. The normalized spacial score (nSPS) is 19.7. The predicted octanol–water partition coefficient (Wildman–Crippen LogP) is 2.74. The maximum Gasteiger partial charge on any atom is 0.221 e. The van der Waals surface area contributed by atoms with E-state index in [1.54, 1.807) is 0 Å². The molecule has 18 heavy (non-hydrogen) atoms. The standard InChI is InChI=1S/C14H28N2O.ClH/c1-11(2)9-14(3,4)10-16-13(17)8-12-6-5-7-15-12;/h11-12,15H,5-10H2,1-4H3,(H,16,17);1H. The van der Waals surface area contributed by atoms with Crippen LogP contribution in [0.5, 0.6) is 0 Å². The van der Waals surface area contributed by atoms with Gasteiger partial charge in [-0.3, -0.25) is 4.79 Å². The number of hydrogen-bond acceptors (Lipinski definition) is 2. The molecule has 1 atom stereocenters. The van der Waals surface area contributed by atoms with Crippen molar-refractivity contribution in [3.05, 3.63) is 0 Å². The minimum absolute atomic E-state index is 0. The van der Waals surface area contributed by atoms with Gasteiger partial charge in [0, 0.05) is 19.0 Å². The Kier molecular flexibility index (Phi) is 7.88. The van der Waals surface area contributed by atoms with Crippen molar-refractivity contribution in [3.63, 3.8) is 0 Å². The first-order valence-electron chi connectivity index (χ1n) is 6.89. The van der Waals surface area contributed by atoms with Crippen LogP contribution in [0.4, 0.5) is 0 Å². The van der Waals surface area contributed by atoms with Gasteiger partial charge in [-0.15, -0.1) is 12.4 Å². The topological polar surface area (TPSA) is 41.1 Å². The first kappa shape index (κ1) is 17.7. The minimum Gasteiger partial charge on any atom is -0.356 e. The Hall–Kier alpha value is -0.280. The third-order valence-electron chi connectivity index (χ3n) is 3.32. The lowest BCUT2D eigenvalue weighted by atomic mass is 9.84. The van der Waals surface area contributed by atoms with Crippen LogP contribution in [0.1, 0.15) is 53.4 Å². The second-order valence-electron chi connectivity index (χ2n) is 6.54. The lowest BCUT2D eigenvalue weighted by Crippen LogP contribution is -2.37.